The molecule has 0 aliphatic carbocycles. The molecule has 5 rings (SSSR count). The molecule has 0 aliphatic heterocycles. The van der Waals surface area contributed by atoms with E-state index in [-0.39, 0.29) is 28.6 Å². The van der Waals surface area contributed by atoms with Crippen LogP contribution in [0.3, 0.4) is 0 Å². The third kappa shape index (κ3) is 4.99. The average Bonchev–Trinajstić information content (AvgIpc) is 2.86. The molecule has 0 saturated carbocycles. The van der Waals surface area contributed by atoms with Crippen molar-refractivity contribution in [2.75, 3.05) is 5.32 Å². The van der Waals surface area contributed by atoms with Gasteiger partial charge < -0.3 is 27.6 Å². The van der Waals surface area contributed by atoms with Crippen LogP contribution in [-0.2, 0) is 13.1 Å². The second-order valence-electron chi connectivity index (χ2n) is 7.49. The fourth-order valence-electron chi connectivity index (χ4n) is 3.62. The summed E-state index contributed by atoms with van der Waals surface area (Å²) in [5.74, 6) is 0.176. The zero-order chi connectivity index (χ0) is 21.8. The first-order chi connectivity index (χ1) is 15.8. The number of amides is 1. The van der Waals surface area contributed by atoms with Crippen LogP contribution in [0.4, 0.5) is 5.82 Å². The molecule has 7 heteroatoms. The zero-order valence-electron chi connectivity index (χ0n) is 17.8. The van der Waals surface area contributed by atoms with Crippen LogP contribution in [0.1, 0.15) is 21.6 Å². The molecule has 0 radical (unpaired) electrons. The predicted molar refractivity (Wildman–Crippen MR) is 124 cm³/mol. The molecule has 0 fully saturated rings. The molecular weight excluding hydrogens is 478 g/mol. The first-order valence-electron chi connectivity index (χ1n) is 10.5. The standard InChI is InChI=1S/C26H21N5O.BrH/c32-26(28-18-20-11-5-2-6-12-20)23-24(27-17-19-9-3-1-4-10-19)29-25-22-14-8-7-13-21(22)15-16-31(25)30-23;/h1-16H,17-18H2,(H,28,32);1H. The van der Waals surface area contributed by atoms with Gasteiger partial charge >= 0.3 is 5.65 Å². The fraction of sp³-hybridized carbons (Fsp3) is 0.0769. The Kier molecular flexibility index (Phi) is 6.90. The molecule has 0 aliphatic rings. The Labute approximate surface area is 202 Å². The van der Waals surface area contributed by atoms with Gasteiger partial charge in [0, 0.05) is 13.1 Å². The molecule has 0 atom stereocenters. The van der Waals surface area contributed by atoms with Crippen LogP contribution in [0.25, 0.3) is 16.4 Å². The number of aromatic nitrogens is 3. The number of pyridine rings is 1. The third-order valence-electron chi connectivity index (χ3n) is 5.28. The van der Waals surface area contributed by atoms with E-state index in [2.05, 4.69) is 15.7 Å². The second kappa shape index (κ2) is 10.2. The molecule has 3 aromatic carbocycles. The van der Waals surface area contributed by atoms with E-state index in [0.29, 0.717) is 24.6 Å². The highest BCUT2D eigenvalue weighted by molar-refractivity contribution is 5.97. The lowest BCUT2D eigenvalue weighted by molar-refractivity contribution is -0.582. The molecule has 0 bridgehead atoms. The van der Waals surface area contributed by atoms with E-state index in [4.69, 9.17) is 4.98 Å². The Morgan fingerprint density at radius 2 is 1.42 bits per heavy atom. The highest BCUT2D eigenvalue weighted by atomic mass is 79.9. The number of anilines is 1. The smallest absolute Gasteiger partial charge is 0.358 e. The lowest BCUT2D eigenvalue weighted by atomic mass is 10.2. The number of benzene rings is 3. The SMILES string of the molecule is O=C(NCc1ccccc1)c1n[n+]2ccc3ccccc3c2nc1NCc1ccccc1.[Br-]. The molecule has 0 unspecified atom stereocenters. The summed E-state index contributed by atoms with van der Waals surface area (Å²) in [7, 11) is 0. The maximum atomic E-state index is 13.1. The summed E-state index contributed by atoms with van der Waals surface area (Å²) in [6.45, 7) is 0.954. The van der Waals surface area contributed by atoms with Crippen LogP contribution in [0, 0.1) is 0 Å². The normalized spacial score (nSPS) is 10.5. The molecule has 2 heterocycles. The van der Waals surface area contributed by atoms with Crippen molar-refractivity contribution in [2.24, 2.45) is 0 Å². The molecule has 33 heavy (non-hydrogen) atoms. The quantitative estimate of drug-likeness (QED) is 0.269. The highest BCUT2D eigenvalue weighted by Crippen LogP contribution is 2.18. The van der Waals surface area contributed by atoms with Gasteiger partial charge in [-0.3, -0.25) is 4.79 Å². The van der Waals surface area contributed by atoms with Crippen LogP contribution in [0.15, 0.2) is 97.2 Å². The summed E-state index contributed by atoms with van der Waals surface area (Å²) in [6.07, 6.45) is 1.83. The Bertz CT molecular complexity index is 1390. The number of carbonyl (C=O) groups is 1. The number of nitrogens with one attached hydrogen (secondary N) is 2. The van der Waals surface area contributed by atoms with Crippen molar-refractivity contribution in [3.8, 4) is 0 Å². The van der Waals surface area contributed by atoms with E-state index >= 15 is 0 Å². The van der Waals surface area contributed by atoms with E-state index in [0.717, 1.165) is 21.9 Å². The van der Waals surface area contributed by atoms with Crippen molar-refractivity contribution in [3.63, 3.8) is 0 Å². The second-order valence-corrected chi connectivity index (χ2v) is 7.49. The van der Waals surface area contributed by atoms with Gasteiger partial charge in [-0.1, -0.05) is 84.0 Å². The van der Waals surface area contributed by atoms with E-state index in [1.165, 1.54) is 0 Å². The minimum absolute atomic E-state index is 0. The number of halogens is 1. The minimum atomic E-state index is -0.278. The summed E-state index contributed by atoms with van der Waals surface area (Å²) in [6, 6.07) is 29.8. The van der Waals surface area contributed by atoms with Crippen molar-refractivity contribution in [1.29, 1.82) is 0 Å². The zero-order valence-corrected chi connectivity index (χ0v) is 19.4. The number of fused-ring (bicyclic) bond motifs is 3. The lowest BCUT2D eigenvalue weighted by Crippen LogP contribution is -3.00. The van der Waals surface area contributed by atoms with Gasteiger partial charge in [-0.2, -0.15) is 0 Å². The first-order valence-corrected chi connectivity index (χ1v) is 10.5. The number of rotatable bonds is 6. The largest absolute Gasteiger partial charge is 1.00 e. The molecule has 2 aromatic heterocycles. The van der Waals surface area contributed by atoms with Crippen molar-refractivity contribution >= 4 is 28.1 Å². The van der Waals surface area contributed by atoms with Gasteiger partial charge in [-0.25, -0.2) is 0 Å². The van der Waals surface area contributed by atoms with Crippen molar-refractivity contribution in [2.45, 2.75) is 13.1 Å². The van der Waals surface area contributed by atoms with Gasteiger partial charge in [-0.05, 0) is 33.6 Å². The maximum Gasteiger partial charge on any atom is 0.358 e. The van der Waals surface area contributed by atoms with E-state index in [1.807, 2.05) is 97.2 Å². The predicted octanol–water partition coefficient (Wildman–Crippen LogP) is 0.915. The molecular formula is C26H22BrN5O. The monoisotopic (exact) mass is 499 g/mol. The molecule has 1 amide bonds. The number of hydrogen-bond donors (Lipinski definition) is 2. The van der Waals surface area contributed by atoms with Crippen LogP contribution < -0.4 is 32.1 Å². The van der Waals surface area contributed by atoms with Gasteiger partial charge in [0.1, 0.15) is 6.20 Å². The Balaban J connectivity index is 0.00000259. The first kappa shape index (κ1) is 22.4. The Hall–Kier alpha value is -3.84. The molecule has 164 valence electrons. The van der Waals surface area contributed by atoms with Gasteiger partial charge in [0.15, 0.2) is 0 Å². The number of hydrogen-bond acceptors (Lipinski definition) is 4. The third-order valence-corrected chi connectivity index (χ3v) is 5.28. The van der Waals surface area contributed by atoms with E-state index < -0.39 is 0 Å². The van der Waals surface area contributed by atoms with Crippen molar-refractivity contribution in [1.82, 2.24) is 15.4 Å². The van der Waals surface area contributed by atoms with Gasteiger partial charge in [0.25, 0.3) is 11.7 Å². The number of nitrogens with zero attached hydrogens (tertiary/aromatic N) is 3. The molecule has 2 N–H and O–H groups in total. The summed E-state index contributed by atoms with van der Waals surface area (Å²) in [5.41, 5.74) is 3.06. The molecule has 0 saturated heterocycles. The molecule has 6 nitrogen and oxygen atoms in total. The highest BCUT2D eigenvalue weighted by Gasteiger charge is 2.24. The molecule has 5 aromatic rings. The van der Waals surface area contributed by atoms with E-state index in [1.54, 1.807) is 4.52 Å². The van der Waals surface area contributed by atoms with Crippen LogP contribution in [-0.4, -0.2) is 16.0 Å². The Morgan fingerprint density at radius 1 is 0.788 bits per heavy atom. The summed E-state index contributed by atoms with van der Waals surface area (Å²) < 4.78 is 1.66. The number of carbonyl (C=O) groups excluding carboxylic acids is 1. The fourth-order valence-corrected chi connectivity index (χ4v) is 3.62. The minimum Gasteiger partial charge on any atom is -1.00 e. The van der Waals surface area contributed by atoms with Gasteiger partial charge in [-0.15, -0.1) is 4.52 Å². The van der Waals surface area contributed by atoms with E-state index in [9.17, 15) is 4.79 Å². The maximum absolute atomic E-state index is 13.1. The van der Waals surface area contributed by atoms with Crippen molar-refractivity contribution < 1.29 is 26.3 Å². The summed E-state index contributed by atoms with van der Waals surface area (Å²) in [5, 5.41) is 12.9. The molecule has 0 spiro atoms. The summed E-state index contributed by atoms with van der Waals surface area (Å²) >= 11 is 0. The average molecular weight is 500 g/mol. The lowest BCUT2D eigenvalue weighted by Gasteiger charge is -2.08. The topological polar surface area (TPSA) is 71.0 Å². The van der Waals surface area contributed by atoms with Crippen LogP contribution in [0.5, 0.6) is 0 Å². The van der Waals surface area contributed by atoms with Gasteiger partial charge in [0.2, 0.25) is 5.69 Å². The summed E-state index contributed by atoms with van der Waals surface area (Å²) in [4.78, 5) is 17.9. The van der Waals surface area contributed by atoms with Crippen LogP contribution in [0.2, 0.25) is 0 Å². The Morgan fingerprint density at radius 3 is 2.15 bits per heavy atom. The van der Waals surface area contributed by atoms with Crippen LogP contribution >= 0.6 is 0 Å². The van der Waals surface area contributed by atoms with Gasteiger partial charge in [0.05, 0.1) is 5.39 Å². The van der Waals surface area contributed by atoms with Crippen molar-refractivity contribution in [3.05, 3.63) is 114 Å².